The summed E-state index contributed by atoms with van der Waals surface area (Å²) < 4.78 is 26.9. The molecule has 0 aliphatic carbocycles. The molecule has 2 aliphatic heterocycles. The monoisotopic (exact) mass is 350 g/mol. The number of aliphatic imine (C=N–C) groups is 1. The van der Waals surface area contributed by atoms with Crippen molar-refractivity contribution in [1.29, 1.82) is 0 Å². The van der Waals surface area contributed by atoms with Crippen molar-refractivity contribution in [3.63, 3.8) is 0 Å². The Labute approximate surface area is 148 Å². The zero-order valence-corrected chi connectivity index (χ0v) is 15.0. The van der Waals surface area contributed by atoms with Crippen LogP contribution in [0.2, 0.25) is 0 Å². The first-order valence-electron chi connectivity index (χ1n) is 9.27. The summed E-state index contributed by atoms with van der Waals surface area (Å²) in [6, 6.07) is 3.60. The molecule has 4 nitrogen and oxygen atoms in total. The summed E-state index contributed by atoms with van der Waals surface area (Å²) in [7, 11) is 1.78. The minimum atomic E-state index is -0.398. The quantitative estimate of drug-likeness (QED) is 0.654. The van der Waals surface area contributed by atoms with Gasteiger partial charge in [-0.25, -0.2) is 8.78 Å². The van der Waals surface area contributed by atoms with Crippen molar-refractivity contribution in [3.8, 4) is 0 Å². The van der Waals surface area contributed by atoms with Crippen LogP contribution >= 0.6 is 0 Å². The second kappa shape index (κ2) is 8.61. The van der Waals surface area contributed by atoms with Gasteiger partial charge in [-0.15, -0.1) is 0 Å². The number of guanidine groups is 1. The Morgan fingerprint density at radius 1 is 1.24 bits per heavy atom. The second-order valence-electron chi connectivity index (χ2n) is 7.07. The summed E-state index contributed by atoms with van der Waals surface area (Å²) >= 11 is 0. The van der Waals surface area contributed by atoms with E-state index in [1.165, 1.54) is 51.0 Å². The summed E-state index contributed by atoms with van der Waals surface area (Å²) in [5.74, 6) is 0.799. The van der Waals surface area contributed by atoms with Crippen molar-refractivity contribution in [3.05, 3.63) is 35.4 Å². The molecule has 0 saturated carbocycles. The Hall–Kier alpha value is -1.69. The number of nitrogens with zero attached hydrogens (tertiary/aromatic N) is 3. The van der Waals surface area contributed by atoms with E-state index in [0.717, 1.165) is 25.1 Å². The highest BCUT2D eigenvalue weighted by Crippen LogP contribution is 2.20. The normalized spacial score (nSPS) is 22.0. The molecular formula is C19H28F2N4. The third-order valence-corrected chi connectivity index (χ3v) is 5.20. The molecule has 2 fully saturated rings. The Kier molecular flexibility index (Phi) is 6.24. The lowest BCUT2D eigenvalue weighted by Gasteiger charge is -2.23. The van der Waals surface area contributed by atoms with Gasteiger partial charge in [0.15, 0.2) is 5.96 Å². The van der Waals surface area contributed by atoms with Gasteiger partial charge in [-0.2, -0.15) is 0 Å². The van der Waals surface area contributed by atoms with Crippen LogP contribution in [0.25, 0.3) is 0 Å². The molecule has 2 heterocycles. The predicted octanol–water partition coefficient (Wildman–Crippen LogP) is 2.50. The number of benzene rings is 1. The van der Waals surface area contributed by atoms with E-state index < -0.39 is 5.82 Å². The van der Waals surface area contributed by atoms with Crippen LogP contribution in [0.15, 0.2) is 23.2 Å². The fraction of sp³-hybridized carbons (Fsp3) is 0.632. The Morgan fingerprint density at radius 2 is 2.04 bits per heavy atom. The first kappa shape index (κ1) is 18.1. The number of hydrogen-bond acceptors (Lipinski definition) is 2. The average Bonchev–Trinajstić information content (AvgIpc) is 3.27. The largest absolute Gasteiger partial charge is 0.356 e. The predicted molar refractivity (Wildman–Crippen MR) is 96.8 cm³/mol. The molecule has 138 valence electrons. The Morgan fingerprint density at radius 3 is 2.80 bits per heavy atom. The van der Waals surface area contributed by atoms with Crippen LogP contribution in [0, 0.1) is 17.6 Å². The van der Waals surface area contributed by atoms with Gasteiger partial charge in [-0.05, 0) is 68.5 Å². The number of nitrogens with one attached hydrogen (secondary N) is 1. The maximum atomic E-state index is 13.7. The molecule has 6 heteroatoms. The number of hydrogen-bond donors (Lipinski definition) is 1. The summed E-state index contributed by atoms with van der Waals surface area (Å²) in [5, 5.41) is 3.29. The molecule has 0 spiro atoms. The molecule has 1 aromatic carbocycles. The molecule has 0 amide bonds. The van der Waals surface area contributed by atoms with Crippen molar-refractivity contribution in [2.45, 2.75) is 25.7 Å². The van der Waals surface area contributed by atoms with E-state index in [1.54, 1.807) is 7.05 Å². The molecule has 0 radical (unpaired) electrons. The van der Waals surface area contributed by atoms with Crippen LogP contribution < -0.4 is 5.32 Å². The standard InChI is InChI=1S/C19H28F2N4/c1-22-19(23-8-6-16-12-17(20)4-5-18(16)21)25-11-7-15(14-25)13-24-9-2-3-10-24/h4-5,12,15H,2-3,6-11,13-14H2,1H3,(H,22,23). The second-order valence-corrected chi connectivity index (χ2v) is 7.07. The lowest BCUT2D eigenvalue weighted by molar-refractivity contribution is 0.281. The van der Waals surface area contributed by atoms with Crippen LogP contribution in [0.3, 0.4) is 0 Å². The summed E-state index contributed by atoms with van der Waals surface area (Å²) in [5.41, 5.74) is 0.399. The smallest absolute Gasteiger partial charge is 0.193 e. The van der Waals surface area contributed by atoms with Crippen LogP contribution in [-0.4, -0.2) is 62.1 Å². The van der Waals surface area contributed by atoms with Crippen LogP contribution in [0.1, 0.15) is 24.8 Å². The molecule has 1 unspecified atom stereocenters. The Balaban J connectivity index is 1.45. The lowest BCUT2D eigenvalue weighted by atomic mass is 10.1. The van der Waals surface area contributed by atoms with E-state index in [-0.39, 0.29) is 5.82 Å². The lowest BCUT2D eigenvalue weighted by Crippen LogP contribution is -2.41. The molecule has 25 heavy (non-hydrogen) atoms. The fourth-order valence-corrected chi connectivity index (χ4v) is 3.88. The molecule has 1 N–H and O–H groups in total. The molecule has 2 saturated heterocycles. The SMILES string of the molecule is CN=C(NCCc1cc(F)ccc1F)N1CCC(CN2CCCC2)C1. The summed E-state index contributed by atoms with van der Waals surface area (Å²) in [6.07, 6.45) is 4.29. The maximum Gasteiger partial charge on any atom is 0.193 e. The number of rotatable bonds is 5. The highest BCUT2D eigenvalue weighted by atomic mass is 19.1. The van der Waals surface area contributed by atoms with Gasteiger partial charge in [0, 0.05) is 33.2 Å². The Bertz CT molecular complexity index is 599. The number of halogens is 2. The first-order valence-corrected chi connectivity index (χ1v) is 9.27. The minimum absolute atomic E-state index is 0.356. The van der Waals surface area contributed by atoms with Gasteiger partial charge in [-0.1, -0.05) is 0 Å². The molecule has 0 aromatic heterocycles. The van der Waals surface area contributed by atoms with Crippen LogP contribution in [-0.2, 0) is 6.42 Å². The van der Waals surface area contributed by atoms with E-state index in [4.69, 9.17) is 0 Å². The molecule has 2 aliphatic rings. The molecule has 0 bridgehead atoms. The molecular weight excluding hydrogens is 322 g/mol. The first-order chi connectivity index (χ1) is 12.2. The van der Waals surface area contributed by atoms with Crippen molar-refractivity contribution < 1.29 is 8.78 Å². The average molecular weight is 350 g/mol. The van der Waals surface area contributed by atoms with Crippen molar-refractivity contribution in [1.82, 2.24) is 15.1 Å². The fourth-order valence-electron chi connectivity index (χ4n) is 3.88. The topological polar surface area (TPSA) is 30.9 Å². The highest BCUT2D eigenvalue weighted by molar-refractivity contribution is 5.80. The zero-order chi connectivity index (χ0) is 17.6. The molecule has 1 aromatic rings. The van der Waals surface area contributed by atoms with E-state index in [2.05, 4.69) is 20.1 Å². The van der Waals surface area contributed by atoms with Gasteiger partial charge in [-0.3, -0.25) is 4.99 Å². The van der Waals surface area contributed by atoms with E-state index in [1.807, 2.05) is 0 Å². The van der Waals surface area contributed by atoms with Gasteiger partial charge in [0.25, 0.3) is 0 Å². The van der Waals surface area contributed by atoms with Crippen molar-refractivity contribution in [2.75, 3.05) is 46.3 Å². The van der Waals surface area contributed by atoms with Crippen LogP contribution in [0.4, 0.5) is 8.78 Å². The maximum absolute atomic E-state index is 13.7. The summed E-state index contributed by atoms with van der Waals surface area (Å²) in [4.78, 5) is 9.20. The zero-order valence-electron chi connectivity index (χ0n) is 15.0. The van der Waals surface area contributed by atoms with Gasteiger partial charge in [0.1, 0.15) is 11.6 Å². The van der Waals surface area contributed by atoms with Crippen molar-refractivity contribution >= 4 is 5.96 Å². The van der Waals surface area contributed by atoms with E-state index in [0.29, 0.717) is 24.4 Å². The van der Waals surface area contributed by atoms with Gasteiger partial charge in [0.2, 0.25) is 0 Å². The highest BCUT2D eigenvalue weighted by Gasteiger charge is 2.27. The minimum Gasteiger partial charge on any atom is -0.356 e. The molecule has 1 atom stereocenters. The third kappa shape index (κ3) is 4.91. The summed E-state index contributed by atoms with van der Waals surface area (Å²) in [6.45, 7) is 6.23. The van der Waals surface area contributed by atoms with Crippen LogP contribution in [0.5, 0.6) is 0 Å². The van der Waals surface area contributed by atoms with Gasteiger partial charge >= 0.3 is 0 Å². The number of likely N-dealkylation sites (tertiary alicyclic amines) is 2. The third-order valence-electron chi connectivity index (χ3n) is 5.20. The van der Waals surface area contributed by atoms with E-state index >= 15 is 0 Å². The van der Waals surface area contributed by atoms with Gasteiger partial charge in [0.05, 0.1) is 0 Å². The van der Waals surface area contributed by atoms with E-state index in [9.17, 15) is 8.78 Å². The molecule has 3 rings (SSSR count). The van der Waals surface area contributed by atoms with Crippen molar-refractivity contribution in [2.24, 2.45) is 10.9 Å². The van der Waals surface area contributed by atoms with Gasteiger partial charge < -0.3 is 15.1 Å².